The van der Waals surface area contributed by atoms with Gasteiger partial charge in [-0.2, -0.15) is 4.57 Å². The van der Waals surface area contributed by atoms with Crippen LogP contribution in [0.2, 0.25) is 0 Å². The van der Waals surface area contributed by atoms with Crippen molar-refractivity contribution < 1.29 is 4.57 Å². The summed E-state index contributed by atoms with van der Waals surface area (Å²) in [5, 5.41) is 1.41. The summed E-state index contributed by atoms with van der Waals surface area (Å²) in [4.78, 5) is 0. The molecule has 1 nitrogen and oxygen atoms in total. The van der Waals surface area contributed by atoms with Crippen molar-refractivity contribution in [1.29, 1.82) is 0 Å². The second kappa shape index (κ2) is 8.38. The van der Waals surface area contributed by atoms with Crippen LogP contribution in [-0.4, -0.2) is 0 Å². The molecule has 1 unspecified atom stereocenters. The Morgan fingerprint density at radius 2 is 1.53 bits per heavy atom. The molecule has 1 heteroatoms. The van der Waals surface area contributed by atoms with Crippen molar-refractivity contribution in [3.05, 3.63) is 88.5 Å². The van der Waals surface area contributed by atoms with Gasteiger partial charge in [-0.05, 0) is 104 Å². The molecule has 174 valence electrons. The summed E-state index contributed by atoms with van der Waals surface area (Å²) in [7, 11) is 2.25. The molecule has 0 amide bonds. The average molecular weight is 449 g/mol. The molecule has 0 N–H and O–H groups in total. The summed E-state index contributed by atoms with van der Waals surface area (Å²) in [6.45, 7) is 13.7. The molecule has 0 aliphatic heterocycles. The van der Waals surface area contributed by atoms with Crippen molar-refractivity contribution in [2.75, 3.05) is 0 Å². The van der Waals surface area contributed by atoms with E-state index in [9.17, 15) is 0 Å². The van der Waals surface area contributed by atoms with E-state index in [0.29, 0.717) is 11.3 Å². The molecule has 1 atom stereocenters. The van der Waals surface area contributed by atoms with E-state index in [-0.39, 0.29) is 0 Å². The van der Waals surface area contributed by atoms with E-state index in [0.717, 1.165) is 0 Å². The first-order chi connectivity index (χ1) is 16.1. The molecule has 34 heavy (non-hydrogen) atoms. The van der Waals surface area contributed by atoms with Crippen LogP contribution < -0.4 is 4.57 Å². The molecule has 0 radical (unpaired) electrons. The van der Waals surface area contributed by atoms with Crippen LogP contribution >= 0.6 is 0 Å². The molecule has 1 aromatic heterocycles. The van der Waals surface area contributed by atoms with Gasteiger partial charge in [-0.3, -0.25) is 0 Å². The Bertz CT molecular complexity index is 1390. The Hall–Kier alpha value is -2.93. The predicted octanol–water partition coefficient (Wildman–Crippen LogP) is 8.53. The van der Waals surface area contributed by atoms with Gasteiger partial charge in [-0.1, -0.05) is 55.3 Å². The van der Waals surface area contributed by atoms with Gasteiger partial charge in [-0.25, -0.2) is 0 Å². The van der Waals surface area contributed by atoms with E-state index in [2.05, 4.69) is 114 Å². The molecule has 4 aromatic rings. The first kappa shape index (κ1) is 22.8. The number of rotatable bonds is 3. The fraction of sp³-hybridized carbons (Fsp3) is 0.364. The van der Waals surface area contributed by atoms with E-state index in [1.165, 1.54) is 80.4 Å². The third-order valence-electron chi connectivity index (χ3n) is 8.20. The van der Waals surface area contributed by atoms with Gasteiger partial charge < -0.3 is 0 Å². The molecule has 3 aromatic carbocycles. The van der Waals surface area contributed by atoms with Gasteiger partial charge in [0, 0.05) is 23.1 Å². The summed E-state index contributed by atoms with van der Waals surface area (Å²) >= 11 is 0. The fourth-order valence-electron chi connectivity index (χ4n) is 6.05. The summed E-state index contributed by atoms with van der Waals surface area (Å²) in [5.74, 6) is 0.622. The number of aryl methyl sites for hydroxylation is 4. The van der Waals surface area contributed by atoms with Crippen molar-refractivity contribution in [2.24, 2.45) is 12.5 Å². The van der Waals surface area contributed by atoms with Gasteiger partial charge in [0.15, 0.2) is 0 Å². The minimum absolute atomic E-state index is 0.426. The van der Waals surface area contributed by atoms with Crippen LogP contribution in [0.25, 0.3) is 33.3 Å². The average Bonchev–Trinajstić information content (AvgIpc) is 3.16. The lowest BCUT2D eigenvalue weighted by molar-refractivity contribution is -0.633. The van der Waals surface area contributed by atoms with Crippen molar-refractivity contribution in [3.8, 4) is 22.4 Å². The molecular formula is C33H38N+. The molecular weight excluding hydrogens is 410 g/mol. The monoisotopic (exact) mass is 448 g/mol. The third kappa shape index (κ3) is 4.06. The number of pyridine rings is 1. The number of hydrogen-bond acceptors (Lipinski definition) is 0. The molecule has 1 heterocycles. The minimum atomic E-state index is 0.426. The Kier molecular flexibility index (Phi) is 5.63. The third-order valence-corrected chi connectivity index (χ3v) is 8.20. The van der Waals surface area contributed by atoms with Gasteiger partial charge in [-0.15, -0.1) is 0 Å². The highest BCUT2D eigenvalue weighted by Crippen LogP contribution is 2.48. The zero-order chi connectivity index (χ0) is 24.2. The quantitative estimate of drug-likeness (QED) is 0.276. The lowest BCUT2D eigenvalue weighted by atomic mass is 9.86. The van der Waals surface area contributed by atoms with Gasteiger partial charge in [0.2, 0.25) is 11.2 Å². The summed E-state index contributed by atoms with van der Waals surface area (Å²) in [6, 6.07) is 23.3. The summed E-state index contributed by atoms with van der Waals surface area (Å²) in [6.07, 6.45) is 3.85. The smallest absolute Gasteiger partial charge is 0.194 e. The van der Waals surface area contributed by atoms with Crippen LogP contribution in [-0.2, 0) is 7.05 Å². The zero-order valence-corrected chi connectivity index (χ0v) is 21.9. The Morgan fingerprint density at radius 3 is 2.21 bits per heavy atom. The maximum absolute atomic E-state index is 2.49. The Morgan fingerprint density at radius 1 is 0.794 bits per heavy atom. The zero-order valence-electron chi connectivity index (χ0n) is 21.9. The van der Waals surface area contributed by atoms with E-state index >= 15 is 0 Å². The van der Waals surface area contributed by atoms with Gasteiger partial charge in [0.1, 0.15) is 7.05 Å². The first-order valence-corrected chi connectivity index (χ1v) is 12.7. The lowest BCUT2D eigenvalue weighted by Crippen LogP contribution is -2.32. The predicted molar refractivity (Wildman–Crippen MR) is 145 cm³/mol. The maximum Gasteiger partial charge on any atom is 0.213 e. The van der Waals surface area contributed by atoms with E-state index < -0.39 is 0 Å². The van der Waals surface area contributed by atoms with Crippen molar-refractivity contribution in [1.82, 2.24) is 0 Å². The first-order valence-electron chi connectivity index (χ1n) is 12.7. The van der Waals surface area contributed by atoms with E-state index in [4.69, 9.17) is 0 Å². The number of benzene rings is 3. The van der Waals surface area contributed by atoms with Crippen LogP contribution in [0.1, 0.15) is 66.8 Å². The standard InChI is InChI=1S/C33H38N/c1-21-8-10-25(11-9-21)27-18-30(26-14-15-33(5,6)20-26)28-12-13-31(34(7)32(28)19-27)29-17-22(2)16-23(3)24(29)4/h8-13,16-19,26H,14-15,20H2,1-7H3/q+1. The Labute approximate surface area is 205 Å². The molecule has 0 spiro atoms. The van der Waals surface area contributed by atoms with Crippen LogP contribution in [0.3, 0.4) is 0 Å². The fourth-order valence-corrected chi connectivity index (χ4v) is 6.05. The maximum atomic E-state index is 2.49. The highest BCUT2D eigenvalue weighted by atomic mass is 14.9. The largest absolute Gasteiger partial charge is 0.213 e. The van der Waals surface area contributed by atoms with Crippen LogP contribution in [0.4, 0.5) is 0 Å². The molecule has 0 saturated heterocycles. The van der Waals surface area contributed by atoms with Crippen molar-refractivity contribution in [2.45, 2.75) is 66.7 Å². The molecule has 1 fully saturated rings. The summed E-state index contributed by atoms with van der Waals surface area (Å²) in [5.41, 5.74) is 13.9. The van der Waals surface area contributed by atoms with Crippen LogP contribution in [0, 0.1) is 33.1 Å². The minimum Gasteiger partial charge on any atom is -0.194 e. The molecule has 1 saturated carbocycles. The number of hydrogen-bond donors (Lipinski definition) is 0. The summed E-state index contributed by atoms with van der Waals surface area (Å²) < 4.78 is 2.43. The van der Waals surface area contributed by atoms with Gasteiger partial charge >= 0.3 is 0 Å². The second-order valence-electron chi connectivity index (χ2n) is 11.5. The molecule has 1 aliphatic rings. The number of nitrogens with zero attached hydrogens (tertiary/aromatic N) is 1. The van der Waals surface area contributed by atoms with E-state index in [1.807, 2.05) is 0 Å². The topological polar surface area (TPSA) is 3.88 Å². The van der Waals surface area contributed by atoms with Crippen molar-refractivity contribution >= 4 is 10.9 Å². The second-order valence-corrected chi connectivity index (χ2v) is 11.5. The molecule has 5 rings (SSSR count). The molecule has 1 aliphatic carbocycles. The van der Waals surface area contributed by atoms with Crippen molar-refractivity contribution in [3.63, 3.8) is 0 Å². The number of fused-ring (bicyclic) bond motifs is 1. The van der Waals surface area contributed by atoms with E-state index in [1.54, 1.807) is 0 Å². The lowest BCUT2D eigenvalue weighted by Gasteiger charge is -2.19. The highest BCUT2D eigenvalue weighted by Gasteiger charge is 2.33. The van der Waals surface area contributed by atoms with Crippen LogP contribution in [0.15, 0.2) is 60.7 Å². The molecule has 0 bridgehead atoms. The SMILES string of the molecule is Cc1ccc(-c2cc(C3CCC(C)(C)C3)c3ccc(-c4cc(C)cc(C)c4C)[n+](C)c3c2)cc1. The van der Waals surface area contributed by atoms with Gasteiger partial charge in [0.25, 0.3) is 0 Å². The highest BCUT2D eigenvalue weighted by molar-refractivity contribution is 5.87. The normalized spacial score (nSPS) is 17.4. The Balaban J connectivity index is 1.76. The number of aromatic nitrogens is 1. The van der Waals surface area contributed by atoms with Crippen LogP contribution in [0.5, 0.6) is 0 Å². The van der Waals surface area contributed by atoms with Gasteiger partial charge in [0.05, 0.1) is 0 Å².